The summed E-state index contributed by atoms with van der Waals surface area (Å²) in [4.78, 5) is 17.2. The lowest BCUT2D eigenvalue weighted by molar-refractivity contribution is -0.128. The molecule has 2 heterocycles. The van der Waals surface area contributed by atoms with E-state index in [0.717, 1.165) is 9.99 Å². The van der Waals surface area contributed by atoms with Crippen LogP contribution >= 0.6 is 0 Å². The fourth-order valence-corrected chi connectivity index (χ4v) is 4.61. The van der Waals surface area contributed by atoms with Crippen LogP contribution in [0.1, 0.15) is 5.56 Å². The van der Waals surface area contributed by atoms with Crippen molar-refractivity contribution in [1.29, 1.82) is 0 Å². The first-order valence-electron chi connectivity index (χ1n) is 9.94. The molecule has 2 aliphatic heterocycles. The van der Waals surface area contributed by atoms with Gasteiger partial charge in [0.2, 0.25) is 0 Å². The number of anilines is 1. The van der Waals surface area contributed by atoms with Crippen LogP contribution in [0.5, 0.6) is 5.75 Å². The standard InChI is InChI=1S/C22H24N4O4S/c1-24-20(16-19(23-31(24,28)29)18-10-6-7-11-21(18)30-2)22(27)26-14-12-25(13-15-26)17-8-4-3-5-9-17/h3-11,16H,12-15H2,1-2H3. The second kappa shape index (κ2) is 8.43. The maximum atomic E-state index is 13.3. The summed E-state index contributed by atoms with van der Waals surface area (Å²) in [6, 6.07) is 17.0. The van der Waals surface area contributed by atoms with E-state index < -0.39 is 10.2 Å². The Hall–Kier alpha value is -3.33. The van der Waals surface area contributed by atoms with Crippen LogP contribution in [0.15, 0.2) is 70.8 Å². The largest absolute Gasteiger partial charge is 0.496 e. The number of carbonyl (C=O) groups excluding carboxylic acids is 1. The number of likely N-dealkylation sites (N-methyl/N-ethyl adjacent to an activating group) is 1. The minimum absolute atomic E-state index is 0.0732. The lowest BCUT2D eigenvalue weighted by atomic mass is 10.1. The fourth-order valence-electron chi connectivity index (χ4n) is 3.70. The van der Waals surface area contributed by atoms with Crippen LogP contribution in [0, 0.1) is 0 Å². The van der Waals surface area contributed by atoms with Crippen molar-refractivity contribution in [2.24, 2.45) is 4.40 Å². The van der Waals surface area contributed by atoms with Gasteiger partial charge in [0.1, 0.15) is 11.4 Å². The third kappa shape index (κ3) is 4.13. The highest BCUT2D eigenvalue weighted by Gasteiger charge is 2.34. The highest BCUT2D eigenvalue weighted by molar-refractivity contribution is 7.88. The van der Waals surface area contributed by atoms with Crippen molar-refractivity contribution in [1.82, 2.24) is 9.21 Å². The molecule has 4 rings (SSSR count). The maximum absolute atomic E-state index is 13.3. The van der Waals surface area contributed by atoms with Crippen molar-refractivity contribution in [3.05, 3.63) is 71.9 Å². The topological polar surface area (TPSA) is 82.5 Å². The zero-order valence-corrected chi connectivity index (χ0v) is 18.2. The van der Waals surface area contributed by atoms with Crippen molar-refractivity contribution in [2.75, 3.05) is 45.2 Å². The highest BCUT2D eigenvalue weighted by atomic mass is 32.2. The van der Waals surface area contributed by atoms with E-state index in [-0.39, 0.29) is 17.3 Å². The molecule has 9 heteroatoms. The fraction of sp³-hybridized carbons (Fsp3) is 0.273. The van der Waals surface area contributed by atoms with Crippen LogP contribution in [0.3, 0.4) is 0 Å². The number of benzene rings is 2. The third-order valence-corrected chi connectivity index (χ3v) is 6.78. The first kappa shape index (κ1) is 20.9. The van der Waals surface area contributed by atoms with Crippen molar-refractivity contribution < 1.29 is 17.9 Å². The minimum atomic E-state index is -4.03. The monoisotopic (exact) mass is 440 g/mol. The molecule has 2 aromatic carbocycles. The quantitative estimate of drug-likeness (QED) is 0.725. The molecule has 31 heavy (non-hydrogen) atoms. The summed E-state index contributed by atoms with van der Waals surface area (Å²) in [6.45, 7) is 2.35. The summed E-state index contributed by atoms with van der Waals surface area (Å²) in [5, 5.41) is 0. The van der Waals surface area contributed by atoms with E-state index in [4.69, 9.17) is 4.74 Å². The molecule has 2 aliphatic rings. The number of rotatable bonds is 4. The maximum Gasteiger partial charge on any atom is 0.345 e. The Kier molecular flexibility index (Phi) is 5.69. The number of ether oxygens (including phenoxy) is 1. The summed E-state index contributed by atoms with van der Waals surface area (Å²) in [6.07, 6.45) is 1.52. The van der Waals surface area contributed by atoms with Crippen LogP contribution in [0.2, 0.25) is 0 Å². The zero-order valence-electron chi connectivity index (χ0n) is 17.4. The molecule has 0 aromatic heterocycles. The summed E-state index contributed by atoms with van der Waals surface area (Å²) in [5.41, 5.74) is 1.88. The van der Waals surface area contributed by atoms with Gasteiger partial charge in [-0.2, -0.15) is 8.42 Å². The van der Waals surface area contributed by atoms with Crippen LogP contribution in [0.4, 0.5) is 5.69 Å². The molecule has 0 saturated carbocycles. The van der Waals surface area contributed by atoms with Gasteiger partial charge in [0.25, 0.3) is 5.91 Å². The molecular weight excluding hydrogens is 416 g/mol. The normalized spacial score (nSPS) is 18.3. The van der Waals surface area contributed by atoms with Gasteiger partial charge in [0.15, 0.2) is 0 Å². The molecule has 2 aromatic rings. The van der Waals surface area contributed by atoms with Gasteiger partial charge in [-0.05, 0) is 30.3 Å². The predicted octanol–water partition coefficient (Wildman–Crippen LogP) is 1.91. The SMILES string of the molecule is COc1ccccc1C1=NS(=O)(=O)N(C)C(C(=O)N2CCN(c3ccccc3)CC2)=C1. The van der Waals surface area contributed by atoms with Gasteiger partial charge in [-0.25, -0.2) is 4.31 Å². The van der Waals surface area contributed by atoms with Gasteiger partial charge in [-0.3, -0.25) is 4.79 Å². The van der Waals surface area contributed by atoms with E-state index in [1.54, 1.807) is 29.2 Å². The Labute approximate surface area is 182 Å². The van der Waals surface area contributed by atoms with Crippen molar-refractivity contribution in [3.8, 4) is 5.75 Å². The first-order chi connectivity index (χ1) is 14.9. The molecule has 1 saturated heterocycles. The van der Waals surface area contributed by atoms with Crippen LogP contribution < -0.4 is 9.64 Å². The molecular formula is C22H24N4O4S. The molecule has 0 bridgehead atoms. The van der Waals surface area contributed by atoms with Crippen LogP contribution in [0.25, 0.3) is 0 Å². The van der Waals surface area contributed by atoms with E-state index in [2.05, 4.69) is 9.30 Å². The second-order valence-electron chi connectivity index (χ2n) is 7.27. The first-order valence-corrected chi connectivity index (χ1v) is 11.3. The Morgan fingerprint density at radius 1 is 0.968 bits per heavy atom. The average Bonchev–Trinajstić information content (AvgIpc) is 2.81. The number of hydrogen-bond acceptors (Lipinski definition) is 5. The van der Waals surface area contributed by atoms with Gasteiger partial charge in [0.05, 0.1) is 12.8 Å². The summed E-state index contributed by atoms with van der Waals surface area (Å²) in [7, 11) is -1.18. The lowest BCUT2D eigenvalue weighted by Gasteiger charge is -2.37. The average molecular weight is 441 g/mol. The molecule has 0 aliphatic carbocycles. The molecule has 0 N–H and O–H groups in total. The van der Waals surface area contributed by atoms with Crippen LogP contribution in [-0.4, -0.2) is 69.6 Å². The van der Waals surface area contributed by atoms with Crippen molar-refractivity contribution in [2.45, 2.75) is 0 Å². The highest BCUT2D eigenvalue weighted by Crippen LogP contribution is 2.26. The van der Waals surface area contributed by atoms with E-state index in [0.29, 0.717) is 37.5 Å². The van der Waals surface area contributed by atoms with E-state index >= 15 is 0 Å². The number of piperazine rings is 1. The minimum Gasteiger partial charge on any atom is -0.496 e. The number of allylic oxidation sites excluding steroid dienone is 1. The number of nitrogens with zero attached hydrogens (tertiary/aromatic N) is 4. The van der Waals surface area contributed by atoms with Gasteiger partial charge in [0, 0.05) is 44.5 Å². The van der Waals surface area contributed by atoms with Crippen molar-refractivity contribution >= 4 is 27.5 Å². The lowest BCUT2D eigenvalue weighted by Crippen LogP contribution is -2.51. The molecule has 0 radical (unpaired) electrons. The molecule has 162 valence electrons. The summed E-state index contributed by atoms with van der Waals surface area (Å²) in [5.74, 6) is 0.154. The zero-order chi connectivity index (χ0) is 22.0. The molecule has 0 unspecified atom stereocenters. The number of para-hydroxylation sites is 2. The number of carbonyl (C=O) groups is 1. The van der Waals surface area contributed by atoms with E-state index in [9.17, 15) is 13.2 Å². The molecule has 0 atom stereocenters. The Bertz CT molecular complexity index is 1140. The summed E-state index contributed by atoms with van der Waals surface area (Å²) >= 11 is 0. The Morgan fingerprint density at radius 2 is 1.61 bits per heavy atom. The van der Waals surface area contributed by atoms with Gasteiger partial charge < -0.3 is 14.5 Å². The molecule has 0 spiro atoms. The molecule has 1 amide bonds. The number of hydrogen-bond donors (Lipinski definition) is 0. The predicted molar refractivity (Wildman–Crippen MR) is 120 cm³/mol. The van der Waals surface area contributed by atoms with Gasteiger partial charge in [-0.15, -0.1) is 4.40 Å². The third-order valence-electron chi connectivity index (χ3n) is 5.46. The van der Waals surface area contributed by atoms with Gasteiger partial charge >= 0.3 is 10.2 Å². The number of methoxy groups -OCH3 is 1. The Morgan fingerprint density at radius 3 is 2.29 bits per heavy atom. The second-order valence-corrected chi connectivity index (χ2v) is 8.89. The molecule has 1 fully saturated rings. The smallest absolute Gasteiger partial charge is 0.345 e. The number of amides is 1. The van der Waals surface area contributed by atoms with E-state index in [1.165, 1.54) is 20.2 Å². The van der Waals surface area contributed by atoms with Gasteiger partial charge in [-0.1, -0.05) is 30.3 Å². The van der Waals surface area contributed by atoms with Crippen LogP contribution in [-0.2, 0) is 15.0 Å². The Balaban J connectivity index is 1.58. The van der Waals surface area contributed by atoms with E-state index in [1.807, 2.05) is 30.3 Å². The molecule has 8 nitrogen and oxygen atoms in total. The van der Waals surface area contributed by atoms with Crippen molar-refractivity contribution in [3.63, 3.8) is 0 Å². The summed E-state index contributed by atoms with van der Waals surface area (Å²) < 4.78 is 35.5.